The average Bonchev–Trinajstić information content (AvgIpc) is 2.34. The Morgan fingerprint density at radius 3 is 1.82 bits per heavy atom. The highest BCUT2D eigenvalue weighted by molar-refractivity contribution is 9.10. The lowest BCUT2D eigenvalue weighted by atomic mass is 9.89. The molecule has 0 radical (unpaired) electrons. The van der Waals surface area contributed by atoms with Gasteiger partial charge in [-0.2, -0.15) is 0 Å². The maximum absolute atomic E-state index is 3.76. The summed E-state index contributed by atoms with van der Waals surface area (Å²) in [5.41, 5.74) is 2.96. The molecule has 0 heterocycles. The molecule has 0 atom stereocenters. The van der Waals surface area contributed by atoms with Gasteiger partial charge in [-0.05, 0) is 54.7 Å². The molecule has 0 amide bonds. The summed E-state index contributed by atoms with van der Waals surface area (Å²) in [6.45, 7) is 9.10. The molecule has 0 N–H and O–H groups in total. The summed E-state index contributed by atoms with van der Waals surface area (Å²) >= 11 is 3.76. The molecule has 0 unspecified atom stereocenters. The van der Waals surface area contributed by atoms with Crippen LogP contribution in [0.3, 0.4) is 0 Å². The Labute approximate surface area is 115 Å². The van der Waals surface area contributed by atoms with E-state index in [0.717, 1.165) is 0 Å². The van der Waals surface area contributed by atoms with E-state index >= 15 is 0 Å². The van der Waals surface area contributed by atoms with Crippen LogP contribution in [0.2, 0.25) is 0 Å². The van der Waals surface area contributed by atoms with Crippen LogP contribution in [0.25, 0.3) is 0 Å². The van der Waals surface area contributed by atoms with Crippen molar-refractivity contribution in [3.05, 3.63) is 33.8 Å². The Morgan fingerprint density at radius 1 is 0.882 bits per heavy atom. The minimum Gasteiger partial charge on any atom is -0.0648 e. The van der Waals surface area contributed by atoms with E-state index in [1.54, 1.807) is 0 Å². The van der Waals surface area contributed by atoms with Crippen LogP contribution >= 0.6 is 15.9 Å². The zero-order valence-corrected chi connectivity index (χ0v) is 13.2. The van der Waals surface area contributed by atoms with E-state index in [-0.39, 0.29) is 0 Å². The Kier molecular flexibility index (Phi) is 6.26. The summed E-state index contributed by atoms with van der Waals surface area (Å²) < 4.78 is 1.30. The second kappa shape index (κ2) is 7.20. The molecule has 1 aromatic rings. The van der Waals surface area contributed by atoms with Crippen molar-refractivity contribution in [2.24, 2.45) is 0 Å². The molecule has 0 aliphatic heterocycles. The lowest BCUT2D eigenvalue weighted by molar-refractivity contribution is 0.628. The third-order valence-corrected chi connectivity index (χ3v) is 4.59. The molecule has 0 spiro atoms. The zero-order chi connectivity index (χ0) is 12.8. The van der Waals surface area contributed by atoms with E-state index in [4.69, 9.17) is 0 Å². The molecule has 0 aliphatic rings. The van der Waals surface area contributed by atoms with Crippen molar-refractivity contribution < 1.29 is 0 Å². The van der Waals surface area contributed by atoms with Gasteiger partial charge in [-0.3, -0.25) is 0 Å². The van der Waals surface area contributed by atoms with Gasteiger partial charge in [0.15, 0.2) is 0 Å². The third kappa shape index (κ3) is 3.58. The highest BCUT2D eigenvalue weighted by Gasteiger charge is 2.13. The Bertz CT molecular complexity index is 335. The maximum atomic E-state index is 3.76. The van der Waals surface area contributed by atoms with Crippen LogP contribution < -0.4 is 0 Å². The predicted molar refractivity (Wildman–Crippen MR) is 80.8 cm³/mol. The molecule has 0 saturated carbocycles. The Hall–Kier alpha value is -0.300. The normalized spacial score (nSPS) is 11.5. The number of hydrogen-bond acceptors (Lipinski definition) is 0. The molecule has 0 aromatic heterocycles. The topological polar surface area (TPSA) is 0 Å². The fourth-order valence-electron chi connectivity index (χ4n) is 2.62. The second-order valence-corrected chi connectivity index (χ2v) is 5.66. The smallest absolute Gasteiger partial charge is 0.0212 e. The molecule has 0 aliphatic carbocycles. The van der Waals surface area contributed by atoms with Gasteiger partial charge in [-0.25, -0.2) is 0 Å². The van der Waals surface area contributed by atoms with Crippen LogP contribution in [0.5, 0.6) is 0 Å². The van der Waals surface area contributed by atoms with Gasteiger partial charge in [-0.1, -0.05) is 55.8 Å². The van der Waals surface area contributed by atoms with Crippen molar-refractivity contribution in [3.8, 4) is 0 Å². The fraction of sp³-hybridized carbons (Fsp3) is 0.625. The van der Waals surface area contributed by atoms with Crippen LogP contribution in [0.1, 0.15) is 76.3 Å². The Balaban J connectivity index is 3.00. The van der Waals surface area contributed by atoms with Gasteiger partial charge in [-0.15, -0.1) is 0 Å². The predicted octanol–water partition coefficient (Wildman–Crippen LogP) is 6.26. The zero-order valence-electron chi connectivity index (χ0n) is 11.6. The van der Waals surface area contributed by atoms with Crippen LogP contribution in [0.4, 0.5) is 0 Å². The first-order chi connectivity index (χ1) is 8.17. The second-order valence-electron chi connectivity index (χ2n) is 4.81. The minimum absolute atomic E-state index is 0.695. The van der Waals surface area contributed by atoms with E-state index in [9.17, 15) is 0 Å². The summed E-state index contributed by atoms with van der Waals surface area (Å²) in [4.78, 5) is 0. The van der Waals surface area contributed by atoms with Crippen molar-refractivity contribution in [3.63, 3.8) is 0 Å². The molecular formula is C16H25Br. The summed E-state index contributed by atoms with van der Waals surface area (Å²) in [5.74, 6) is 1.40. The molecule has 0 bridgehead atoms. The van der Waals surface area contributed by atoms with E-state index in [0.29, 0.717) is 11.8 Å². The molecule has 1 rings (SSSR count). The van der Waals surface area contributed by atoms with Crippen molar-refractivity contribution >= 4 is 15.9 Å². The van der Waals surface area contributed by atoms with Crippen LogP contribution in [0.15, 0.2) is 22.7 Å². The summed E-state index contributed by atoms with van der Waals surface area (Å²) in [6, 6.07) is 7.00. The SMILES string of the molecule is CCC(CC)c1ccc(C(CC)CC)c(Br)c1. The van der Waals surface area contributed by atoms with Crippen LogP contribution in [-0.2, 0) is 0 Å². The molecule has 0 nitrogen and oxygen atoms in total. The lowest BCUT2D eigenvalue weighted by Gasteiger charge is -2.18. The minimum atomic E-state index is 0.695. The van der Waals surface area contributed by atoms with E-state index in [1.807, 2.05) is 0 Å². The van der Waals surface area contributed by atoms with Gasteiger partial charge in [0.1, 0.15) is 0 Å². The summed E-state index contributed by atoms with van der Waals surface area (Å²) in [5, 5.41) is 0. The number of hydrogen-bond donors (Lipinski definition) is 0. The molecule has 96 valence electrons. The fourth-order valence-corrected chi connectivity index (χ4v) is 3.34. The van der Waals surface area contributed by atoms with Gasteiger partial charge < -0.3 is 0 Å². The van der Waals surface area contributed by atoms with Gasteiger partial charge in [0, 0.05) is 4.47 Å². The first-order valence-electron chi connectivity index (χ1n) is 6.97. The Morgan fingerprint density at radius 2 is 1.41 bits per heavy atom. The number of rotatable bonds is 6. The van der Waals surface area contributed by atoms with Gasteiger partial charge >= 0.3 is 0 Å². The van der Waals surface area contributed by atoms with Crippen LogP contribution in [-0.4, -0.2) is 0 Å². The van der Waals surface area contributed by atoms with Crippen LogP contribution in [0, 0.1) is 0 Å². The number of benzene rings is 1. The molecule has 0 fully saturated rings. The first-order valence-corrected chi connectivity index (χ1v) is 7.76. The summed E-state index contributed by atoms with van der Waals surface area (Å²) in [7, 11) is 0. The molecular weight excluding hydrogens is 272 g/mol. The highest BCUT2D eigenvalue weighted by Crippen LogP contribution is 2.33. The maximum Gasteiger partial charge on any atom is 0.0212 e. The third-order valence-electron chi connectivity index (χ3n) is 3.91. The quantitative estimate of drug-likeness (QED) is 0.581. The van der Waals surface area contributed by atoms with Crippen molar-refractivity contribution in [2.45, 2.75) is 65.2 Å². The van der Waals surface area contributed by atoms with Crippen molar-refractivity contribution in [2.75, 3.05) is 0 Å². The van der Waals surface area contributed by atoms with E-state index < -0.39 is 0 Å². The van der Waals surface area contributed by atoms with E-state index in [1.165, 1.54) is 41.3 Å². The molecule has 1 heteroatoms. The summed E-state index contributed by atoms with van der Waals surface area (Å²) in [6.07, 6.45) is 4.90. The molecule has 1 aromatic carbocycles. The average molecular weight is 297 g/mol. The number of halogens is 1. The van der Waals surface area contributed by atoms with Crippen molar-refractivity contribution in [1.29, 1.82) is 0 Å². The monoisotopic (exact) mass is 296 g/mol. The highest BCUT2D eigenvalue weighted by atomic mass is 79.9. The molecule has 0 saturated heterocycles. The standard InChI is InChI=1S/C16H25Br/c1-5-12(6-2)14-9-10-15(16(17)11-14)13(7-3)8-4/h9-13H,5-8H2,1-4H3. The van der Waals surface area contributed by atoms with Gasteiger partial charge in [0.25, 0.3) is 0 Å². The van der Waals surface area contributed by atoms with Gasteiger partial charge in [0.2, 0.25) is 0 Å². The van der Waals surface area contributed by atoms with Gasteiger partial charge in [0.05, 0.1) is 0 Å². The first kappa shape index (κ1) is 14.8. The van der Waals surface area contributed by atoms with Crippen molar-refractivity contribution in [1.82, 2.24) is 0 Å². The lowest BCUT2D eigenvalue weighted by Crippen LogP contribution is -2.00. The molecule has 17 heavy (non-hydrogen) atoms. The largest absolute Gasteiger partial charge is 0.0648 e. The van der Waals surface area contributed by atoms with E-state index in [2.05, 4.69) is 61.8 Å².